The van der Waals surface area contributed by atoms with Gasteiger partial charge < -0.3 is 5.32 Å². The SMILES string of the molecule is ClC(CNCC1Cc2ccccc21)c1ccccc1. The molecule has 1 aliphatic carbocycles. The molecule has 0 bridgehead atoms. The Morgan fingerprint density at radius 2 is 1.79 bits per heavy atom. The molecule has 2 aromatic rings. The van der Waals surface area contributed by atoms with E-state index in [9.17, 15) is 0 Å². The second-order valence-electron chi connectivity index (χ2n) is 5.14. The van der Waals surface area contributed by atoms with Gasteiger partial charge in [0.25, 0.3) is 0 Å². The molecule has 0 aromatic heterocycles. The van der Waals surface area contributed by atoms with E-state index >= 15 is 0 Å². The maximum atomic E-state index is 6.39. The van der Waals surface area contributed by atoms with Crippen LogP contribution >= 0.6 is 11.6 Å². The molecular weight excluding hydrogens is 254 g/mol. The van der Waals surface area contributed by atoms with Gasteiger partial charge in [0.2, 0.25) is 0 Å². The highest BCUT2D eigenvalue weighted by Crippen LogP contribution is 2.34. The van der Waals surface area contributed by atoms with E-state index in [4.69, 9.17) is 11.6 Å². The maximum absolute atomic E-state index is 6.39. The van der Waals surface area contributed by atoms with Crippen LogP contribution in [0.25, 0.3) is 0 Å². The summed E-state index contributed by atoms with van der Waals surface area (Å²) in [5.74, 6) is 0.663. The van der Waals surface area contributed by atoms with Gasteiger partial charge in [0, 0.05) is 19.0 Å². The number of benzene rings is 2. The van der Waals surface area contributed by atoms with E-state index < -0.39 is 0 Å². The molecule has 0 heterocycles. The quantitative estimate of drug-likeness (QED) is 0.814. The fourth-order valence-electron chi connectivity index (χ4n) is 2.71. The zero-order valence-corrected chi connectivity index (χ0v) is 11.6. The van der Waals surface area contributed by atoms with Gasteiger partial charge in [-0.05, 0) is 23.1 Å². The first kappa shape index (κ1) is 12.7. The Balaban J connectivity index is 1.48. The molecule has 0 spiro atoms. The Labute approximate surface area is 119 Å². The third-order valence-corrected chi connectivity index (χ3v) is 4.24. The number of alkyl halides is 1. The highest BCUT2D eigenvalue weighted by Gasteiger charge is 2.24. The van der Waals surface area contributed by atoms with Crippen LogP contribution < -0.4 is 5.32 Å². The molecular formula is C17H18ClN. The van der Waals surface area contributed by atoms with E-state index in [0.717, 1.165) is 13.1 Å². The summed E-state index contributed by atoms with van der Waals surface area (Å²) in [5.41, 5.74) is 4.19. The van der Waals surface area contributed by atoms with Gasteiger partial charge in [0.15, 0.2) is 0 Å². The Kier molecular flexibility index (Phi) is 3.86. The van der Waals surface area contributed by atoms with Gasteiger partial charge in [0.1, 0.15) is 0 Å². The zero-order valence-electron chi connectivity index (χ0n) is 10.9. The summed E-state index contributed by atoms with van der Waals surface area (Å²) in [6.45, 7) is 1.84. The van der Waals surface area contributed by atoms with Crippen molar-refractivity contribution in [1.29, 1.82) is 0 Å². The highest BCUT2D eigenvalue weighted by molar-refractivity contribution is 6.21. The fourth-order valence-corrected chi connectivity index (χ4v) is 2.96. The van der Waals surface area contributed by atoms with Crippen LogP contribution in [0.1, 0.15) is 28.0 Å². The average Bonchev–Trinajstić information content (AvgIpc) is 2.44. The first-order valence-corrected chi connectivity index (χ1v) is 7.26. The van der Waals surface area contributed by atoms with Crippen molar-refractivity contribution in [3.63, 3.8) is 0 Å². The molecule has 2 atom stereocenters. The number of halogens is 1. The predicted octanol–water partition coefficient (Wildman–Crippen LogP) is 3.90. The molecule has 0 amide bonds. The van der Waals surface area contributed by atoms with Crippen molar-refractivity contribution < 1.29 is 0 Å². The molecule has 0 saturated carbocycles. The second kappa shape index (κ2) is 5.77. The number of rotatable bonds is 5. The van der Waals surface area contributed by atoms with Crippen LogP contribution in [0.3, 0.4) is 0 Å². The van der Waals surface area contributed by atoms with Crippen molar-refractivity contribution in [2.45, 2.75) is 17.7 Å². The van der Waals surface area contributed by atoms with Gasteiger partial charge in [0.05, 0.1) is 5.38 Å². The number of nitrogens with one attached hydrogen (secondary N) is 1. The van der Waals surface area contributed by atoms with E-state index in [1.807, 2.05) is 18.2 Å². The van der Waals surface area contributed by atoms with Crippen LogP contribution in [-0.2, 0) is 6.42 Å². The van der Waals surface area contributed by atoms with E-state index in [1.54, 1.807) is 0 Å². The second-order valence-corrected chi connectivity index (χ2v) is 5.66. The normalized spacial score (nSPS) is 18.5. The molecule has 0 saturated heterocycles. The molecule has 1 N–H and O–H groups in total. The Morgan fingerprint density at radius 3 is 2.58 bits per heavy atom. The molecule has 98 valence electrons. The first-order valence-electron chi connectivity index (χ1n) is 6.82. The van der Waals surface area contributed by atoms with Crippen molar-refractivity contribution in [3.8, 4) is 0 Å². The monoisotopic (exact) mass is 271 g/mol. The third-order valence-electron chi connectivity index (χ3n) is 3.84. The summed E-state index contributed by atoms with van der Waals surface area (Å²) >= 11 is 6.39. The summed E-state index contributed by atoms with van der Waals surface area (Å²) in [4.78, 5) is 0. The molecule has 2 aromatic carbocycles. The summed E-state index contributed by atoms with van der Waals surface area (Å²) < 4.78 is 0. The fraction of sp³-hybridized carbons (Fsp3) is 0.294. The summed E-state index contributed by atoms with van der Waals surface area (Å²) in [6.07, 6.45) is 1.20. The third kappa shape index (κ3) is 2.83. The lowest BCUT2D eigenvalue weighted by Gasteiger charge is -2.30. The Bertz CT molecular complexity index is 536. The van der Waals surface area contributed by atoms with E-state index in [1.165, 1.54) is 23.1 Å². The summed E-state index contributed by atoms with van der Waals surface area (Å²) in [5, 5.41) is 3.55. The maximum Gasteiger partial charge on any atom is 0.0709 e. The van der Waals surface area contributed by atoms with Crippen molar-refractivity contribution in [3.05, 3.63) is 71.3 Å². The number of hydrogen-bond donors (Lipinski definition) is 1. The van der Waals surface area contributed by atoms with Gasteiger partial charge >= 0.3 is 0 Å². The minimum atomic E-state index is 0.0523. The minimum absolute atomic E-state index is 0.0523. The van der Waals surface area contributed by atoms with Crippen molar-refractivity contribution in [2.24, 2.45) is 0 Å². The molecule has 2 heteroatoms. The van der Waals surface area contributed by atoms with Gasteiger partial charge in [-0.25, -0.2) is 0 Å². The van der Waals surface area contributed by atoms with Crippen molar-refractivity contribution >= 4 is 11.6 Å². The van der Waals surface area contributed by atoms with Crippen LogP contribution in [-0.4, -0.2) is 13.1 Å². The van der Waals surface area contributed by atoms with Gasteiger partial charge in [-0.3, -0.25) is 0 Å². The smallest absolute Gasteiger partial charge is 0.0709 e. The Morgan fingerprint density at radius 1 is 1.05 bits per heavy atom. The number of fused-ring (bicyclic) bond motifs is 1. The molecule has 2 unspecified atom stereocenters. The molecule has 0 aliphatic heterocycles. The molecule has 1 aliphatic rings. The molecule has 19 heavy (non-hydrogen) atoms. The van der Waals surface area contributed by atoms with Gasteiger partial charge in [-0.2, -0.15) is 0 Å². The lowest BCUT2D eigenvalue weighted by Crippen LogP contribution is -2.30. The molecule has 0 fully saturated rings. The van der Waals surface area contributed by atoms with Crippen molar-refractivity contribution in [2.75, 3.05) is 13.1 Å². The molecule has 3 rings (SSSR count). The Hall–Kier alpha value is -1.31. The topological polar surface area (TPSA) is 12.0 Å². The molecule has 0 radical (unpaired) electrons. The van der Waals surface area contributed by atoms with Crippen molar-refractivity contribution in [1.82, 2.24) is 5.32 Å². The predicted molar refractivity (Wildman–Crippen MR) is 80.8 cm³/mol. The largest absolute Gasteiger partial charge is 0.314 e. The van der Waals surface area contributed by atoms with E-state index in [-0.39, 0.29) is 5.38 Å². The van der Waals surface area contributed by atoms with E-state index in [0.29, 0.717) is 5.92 Å². The minimum Gasteiger partial charge on any atom is -0.314 e. The first-order chi connectivity index (χ1) is 9.34. The molecule has 1 nitrogen and oxygen atoms in total. The lowest BCUT2D eigenvalue weighted by molar-refractivity contribution is 0.534. The van der Waals surface area contributed by atoms with Crippen LogP contribution in [0.2, 0.25) is 0 Å². The zero-order chi connectivity index (χ0) is 13.1. The number of hydrogen-bond acceptors (Lipinski definition) is 1. The van der Waals surface area contributed by atoms with Gasteiger partial charge in [-0.1, -0.05) is 54.6 Å². The van der Waals surface area contributed by atoms with E-state index in [2.05, 4.69) is 41.7 Å². The van der Waals surface area contributed by atoms with Gasteiger partial charge in [-0.15, -0.1) is 11.6 Å². The van der Waals surface area contributed by atoms with Crippen LogP contribution in [0, 0.1) is 0 Å². The van der Waals surface area contributed by atoms with Crippen LogP contribution in [0.5, 0.6) is 0 Å². The lowest BCUT2D eigenvalue weighted by atomic mass is 9.77. The average molecular weight is 272 g/mol. The highest BCUT2D eigenvalue weighted by atomic mass is 35.5. The van der Waals surface area contributed by atoms with Crippen LogP contribution in [0.4, 0.5) is 0 Å². The van der Waals surface area contributed by atoms with Crippen LogP contribution in [0.15, 0.2) is 54.6 Å². The summed E-state index contributed by atoms with van der Waals surface area (Å²) in [6, 6.07) is 19.0. The summed E-state index contributed by atoms with van der Waals surface area (Å²) in [7, 11) is 0. The standard InChI is InChI=1S/C17H18ClN/c18-17(13-6-2-1-3-7-13)12-19-11-15-10-14-8-4-5-9-16(14)15/h1-9,15,17,19H,10-12H2.